The van der Waals surface area contributed by atoms with E-state index in [0.29, 0.717) is 18.4 Å². The number of aromatic nitrogens is 1. The van der Waals surface area contributed by atoms with Crippen LogP contribution in [0.3, 0.4) is 0 Å². The van der Waals surface area contributed by atoms with Gasteiger partial charge in [0.05, 0.1) is 18.7 Å². The maximum atomic E-state index is 13.3. The van der Waals surface area contributed by atoms with Crippen LogP contribution in [0.5, 0.6) is 5.75 Å². The van der Waals surface area contributed by atoms with E-state index >= 15 is 0 Å². The number of ether oxygens (including phenoxy) is 3. The number of methoxy groups -OCH3 is 1. The third-order valence-corrected chi connectivity index (χ3v) is 7.20. The first kappa shape index (κ1) is 23.4. The van der Waals surface area contributed by atoms with Gasteiger partial charge in [0.25, 0.3) is 0 Å². The van der Waals surface area contributed by atoms with Gasteiger partial charge in [-0.05, 0) is 74.3 Å². The van der Waals surface area contributed by atoms with Crippen molar-refractivity contribution >= 4 is 16.7 Å². The highest BCUT2D eigenvalue weighted by molar-refractivity contribution is 6.07. The second-order valence-corrected chi connectivity index (χ2v) is 9.44. The zero-order valence-electron chi connectivity index (χ0n) is 20.1. The molecule has 1 aromatic carbocycles. The molecule has 2 heterocycles. The van der Waals surface area contributed by atoms with Crippen LogP contribution >= 0.6 is 0 Å². The third kappa shape index (κ3) is 5.49. The fourth-order valence-electron chi connectivity index (χ4n) is 5.28. The van der Waals surface area contributed by atoms with Gasteiger partial charge in [0, 0.05) is 29.6 Å². The highest BCUT2D eigenvalue weighted by Crippen LogP contribution is 2.32. The zero-order chi connectivity index (χ0) is 24.0. The van der Waals surface area contributed by atoms with Crippen molar-refractivity contribution in [2.75, 3.05) is 7.11 Å². The van der Waals surface area contributed by atoms with Crippen LogP contribution < -0.4 is 10.1 Å². The van der Waals surface area contributed by atoms with Crippen LogP contribution in [-0.2, 0) is 9.47 Å². The first-order valence-electron chi connectivity index (χ1n) is 12.5. The first-order valence-corrected chi connectivity index (χ1v) is 12.5. The average Bonchev–Trinajstić information content (AvgIpc) is 2.93. The van der Waals surface area contributed by atoms with Crippen LogP contribution in [0.15, 0.2) is 78.8 Å². The zero-order valence-corrected chi connectivity index (χ0v) is 20.1. The lowest BCUT2D eigenvalue weighted by Gasteiger charge is -2.34. The topological polar surface area (TPSA) is 69.7 Å². The second-order valence-electron chi connectivity index (χ2n) is 9.44. The Morgan fingerprint density at radius 2 is 2.09 bits per heavy atom. The van der Waals surface area contributed by atoms with Crippen molar-refractivity contribution in [1.82, 2.24) is 10.3 Å². The molecule has 0 saturated heterocycles. The molecule has 1 fully saturated rings. The van der Waals surface area contributed by atoms with Gasteiger partial charge in [-0.3, -0.25) is 9.78 Å². The van der Waals surface area contributed by atoms with Gasteiger partial charge in [0.15, 0.2) is 11.5 Å². The molecule has 1 saturated carbocycles. The number of nitrogens with one attached hydrogen (secondary N) is 1. The Kier molecular flexibility index (Phi) is 7.28. The number of rotatable bonds is 8. The van der Waals surface area contributed by atoms with Crippen LogP contribution in [0, 0.1) is 5.92 Å². The van der Waals surface area contributed by atoms with E-state index in [1.54, 1.807) is 32.1 Å². The van der Waals surface area contributed by atoms with Gasteiger partial charge in [0.2, 0.25) is 0 Å². The van der Waals surface area contributed by atoms with E-state index in [2.05, 4.69) is 28.5 Å². The quantitative estimate of drug-likeness (QED) is 0.478. The largest absolute Gasteiger partial charge is 0.497 e. The Hall–Kier alpha value is -3.38. The fourth-order valence-corrected chi connectivity index (χ4v) is 5.28. The Morgan fingerprint density at radius 3 is 2.83 bits per heavy atom. The van der Waals surface area contributed by atoms with Crippen LogP contribution in [0.4, 0.5) is 0 Å². The molecule has 0 spiro atoms. The molecular weight excluding hydrogens is 440 g/mol. The minimum absolute atomic E-state index is 0.00578. The summed E-state index contributed by atoms with van der Waals surface area (Å²) in [5, 5.41) is 4.68. The molecule has 35 heavy (non-hydrogen) atoms. The summed E-state index contributed by atoms with van der Waals surface area (Å²) < 4.78 is 16.5. The molecule has 1 atom stereocenters. The summed E-state index contributed by atoms with van der Waals surface area (Å²) in [5.41, 5.74) is 2.87. The van der Waals surface area contributed by atoms with Crippen molar-refractivity contribution < 1.29 is 19.0 Å². The third-order valence-electron chi connectivity index (χ3n) is 7.20. The van der Waals surface area contributed by atoms with Crippen molar-refractivity contribution in [3.63, 3.8) is 0 Å². The number of ketones is 1. The monoisotopic (exact) mass is 472 g/mol. The molecule has 6 heteroatoms. The summed E-state index contributed by atoms with van der Waals surface area (Å²) in [6.45, 7) is 0. The maximum Gasteiger partial charge on any atom is 0.163 e. The second kappa shape index (κ2) is 10.9. The number of nitrogens with zero attached hydrogens (tertiary/aromatic N) is 1. The van der Waals surface area contributed by atoms with Gasteiger partial charge in [-0.1, -0.05) is 18.2 Å². The smallest absolute Gasteiger partial charge is 0.163 e. The molecule has 3 aliphatic rings. The van der Waals surface area contributed by atoms with E-state index in [9.17, 15) is 4.79 Å². The molecule has 0 bridgehead atoms. The number of Topliss-reactive ketones (excluding diaryl/α,β-unsaturated/α-hetero) is 1. The molecular formula is C29H32N2O4. The van der Waals surface area contributed by atoms with E-state index in [1.165, 1.54) is 5.57 Å². The van der Waals surface area contributed by atoms with E-state index in [-0.39, 0.29) is 11.8 Å². The average molecular weight is 473 g/mol. The summed E-state index contributed by atoms with van der Waals surface area (Å²) in [6, 6.07) is 7.91. The Morgan fingerprint density at radius 1 is 1.20 bits per heavy atom. The van der Waals surface area contributed by atoms with E-state index < -0.39 is 0 Å². The number of hydrogen-bond acceptors (Lipinski definition) is 6. The predicted molar refractivity (Wildman–Crippen MR) is 136 cm³/mol. The lowest BCUT2D eigenvalue weighted by atomic mass is 9.81. The molecule has 0 amide bonds. The predicted octanol–water partition coefficient (Wildman–Crippen LogP) is 5.97. The van der Waals surface area contributed by atoms with Gasteiger partial charge in [-0.2, -0.15) is 0 Å². The Balaban J connectivity index is 1.21. The highest BCUT2D eigenvalue weighted by atomic mass is 16.5. The fraction of sp³-hybridized carbons (Fsp3) is 0.379. The molecule has 1 unspecified atom stereocenters. The minimum atomic E-state index is 0.00578. The van der Waals surface area contributed by atoms with Gasteiger partial charge < -0.3 is 19.5 Å². The number of allylic oxidation sites excluding steroid dienone is 3. The van der Waals surface area contributed by atoms with E-state index in [4.69, 9.17) is 14.2 Å². The molecule has 1 N–H and O–H groups in total. The molecule has 6 nitrogen and oxygen atoms in total. The van der Waals surface area contributed by atoms with Crippen molar-refractivity contribution in [3.05, 3.63) is 84.4 Å². The molecule has 1 aliphatic heterocycles. The van der Waals surface area contributed by atoms with Crippen LogP contribution in [0.25, 0.3) is 10.9 Å². The van der Waals surface area contributed by atoms with Gasteiger partial charge in [0.1, 0.15) is 24.5 Å². The summed E-state index contributed by atoms with van der Waals surface area (Å²) in [5.74, 6) is 2.11. The number of hydrogen-bond donors (Lipinski definition) is 1. The van der Waals surface area contributed by atoms with E-state index in [1.807, 2.05) is 24.3 Å². The summed E-state index contributed by atoms with van der Waals surface area (Å²) in [6.07, 6.45) is 19.8. The summed E-state index contributed by atoms with van der Waals surface area (Å²) in [7, 11) is 1.64. The minimum Gasteiger partial charge on any atom is -0.497 e. The van der Waals surface area contributed by atoms with Crippen molar-refractivity contribution in [1.29, 1.82) is 0 Å². The van der Waals surface area contributed by atoms with Gasteiger partial charge >= 0.3 is 0 Å². The molecule has 1 aromatic heterocycles. The highest BCUT2D eigenvalue weighted by Gasteiger charge is 2.29. The normalized spacial score (nSPS) is 22.5. The van der Waals surface area contributed by atoms with Crippen molar-refractivity contribution in [3.8, 4) is 5.75 Å². The van der Waals surface area contributed by atoms with Gasteiger partial charge in [-0.15, -0.1) is 0 Å². The van der Waals surface area contributed by atoms with Gasteiger partial charge in [-0.25, -0.2) is 0 Å². The number of carbonyl (C=O) groups excluding carboxylic acids is 1. The molecule has 2 aromatic rings. The standard InChI is InChI=1S/C29H32N2O4/c1-33-23-11-12-26-25(18-23)24(13-14-30-26)27(32)17-20-7-9-22(10-8-20)31-29(21-5-3-2-4-6-21)28-19-34-15-16-35-28/h2-3,5,11-16,18-20,22,29,31H,4,6-10,17H2,1H3. The Bertz CT molecular complexity index is 1190. The van der Waals surface area contributed by atoms with Crippen LogP contribution in [0.1, 0.15) is 55.3 Å². The first-order chi connectivity index (χ1) is 17.2. The number of benzene rings is 1. The number of pyridine rings is 1. The van der Waals surface area contributed by atoms with Crippen molar-refractivity contribution in [2.24, 2.45) is 5.92 Å². The summed E-state index contributed by atoms with van der Waals surface area (Å²) >= 11 is 0. The van der Waals surface area contributed by atoms with Crippen LogP contribution in [0.2, 0.25) is 0 Å². The molecule has 0 radical (unpaired) electrons. The molecule has 182 valence electrons. The summed E-state index contributed by atoms with van der Waals surface area (Å²) in [4.78, 5) is 17.7. The maximum absolute atomic E-state index is 13.3. The molecule has 5 rings (SSSR count). The molecule has 2 aliphatic carbocycles. The van der Waals surface area contributed by atoms with Crippen molar-refractivity contribution in [2.45, 2.75) is 57.0 Å². The SMILES string of the molecule is COc1ccc2nccc(C(=O)CC3CCC(NC(C4=CC=CCC4)C4=COC=CO4)CC3)c2c1. The van der Waals surface area contributed by atoms with Crippen LogP contribution in [-0.4, -0.2) is 30.0 Å². The lowest BCUT2D eigenvalue weighted by molar-refractivity contribution is 0.0946. The Labute approximate surface area is 206 Å². The lowest BCUT2D eigenvalue weighted by Crippen LogP contribution is -2.43. The number of carbonyl (C=O) groups is 1. The van der Waals surface area contributed by atoms with E-state index in [0.717, 1.165) is 66.5 Å². The number of fused-ring (bicyclic) bond motifs is 1.